The lowest BCUT2D eigenvalue weighted by atomic mass is 10.0. The average Bonchev–Trinajstić information content (AvgIpc) is 2.11. The Hall–Kier alpha value is -0.520. The number of rotatable bonds is 5. The average molecular weight is 166 g/mol. The molecule has 12 heavy (non-hydrogen) atoms. The second-order valence-corrected chi connectivity index (χ2v) is 3.20. The van der Waals surface area contributed by atoms with Gasteiger partial charge in [0.15, 0.2) is 0 Å². The van der Waals surface area contributed by atoms with Crippen LogP contribution in [0.15, 0.2) is 23.3 Å². The highest BCUT2D eigenvalue weighted by atomic mass is 14.0. The van der Waals surface area contributed by atoms with E-state index < -0.39 is 0 Å². The standard InChI is InChI=1S/C12H22/c1-5-8-9-10-12(7-3)11(4)6-2/h9-10H,5-8H2,1-4H3/b10-9+,12-11+. The van der Waals surface area contributed by atoms with Gasteiger partial charge < -0.3 is 0 Å². The molecule has 0 aliphatic carbocycles. The molecule has 0 radical (unpaired) electrons. The summed E-state index contributed by atoms with van der Waals surface area (Å²) in [7, 11) is 0. The molecular formula is C12H22. The first-order valence-corrected chi connectivity index (χ1v) is 5.11. The zero-order valence-electron chi connectivity index (χ0n) is 8.98. The fourth-order valence-corrected chi connectivity index (χ4v) is 1.18. The summed E-state index contributed by atoms with van der Waals surface area (Å²) >= 11 is 0. The zero-order valence-corrected chi connectivity index (χ0v) is 8.98. The molecule has 0 amide bonds. The van der Waals surface area contributed by atoms with E-state index in [2.05, 4.69) is 39.8 Å². The molecule has 0 heteroatoms. The maximum absolute atomic E-state index is 2.29. The van der Waals surface area contributed by atoms with Crippen molar-refractivity contribution in [3.63, 3.8) is 0 Å². The third kappa shape index (κ3) is 4.38. The molecule has 0 aliphatic heterocycles. The molecule has 0 aliphatic rings. The molecule has 0 aromatic heterocycles. The quantitative estimate of drug-likeness (QED) is 0.528. The molecule has 0 atom stereocenters. The maximum Gasteiger partial charge on any atom is -0.0308 e. The fourth-order valence-electron chi connectivity index (χ4n) is 1.18. The topological polar surface area (TPSA) is 0 Å². The monoisotopic (exact) mass is 166 g/mol. The van der Waals surface area contributed by atoms with E-state index in [1.807, 2.05) is 0 Å². The minimum absolute atomic E-state index is 1.17. The van der Waals surface area contributed by atoms with Crippen molar-refractivity contribution in [2.24, 2.45) is 0 Å². The second-order valence-electron chi connectivity index (χ2n) is 3.20. The molecule has 0 unspecified atom stereocenters. The smallest absolute Gasteiger partial charge is 0.0308 e. The summed E-state index contributed by atoms with van der Waals surface area (Å²) in [4.78, 5) is 0. The molecule has 0 saturated carbocycles. The van der Waals surface area contributed by atoms with Crippen LogP contribution in [-0.4, -0.2) is 0 Å². The Morgan fingerprint density at radius 1 is 1.08 bits per heavy atom. The van der Waals surface area contributed by atoms with Crippen molar-refractivity contribution >= 4 is 0 Å². The van der Waals surface area contributed by atoms with Crippen molar-refractivity contribution in [1.29, 1.82) is 0 Å². The molecule has 70 valence electrons. The van der Waals surface area contributed by atoms with Crippen LogP contribution in [0.1, 0.15) is 53.4 Å². The maximum atomic E-state index is 2.29. The SMILES string of the molecule is CCC/C=C/C(CC)=C(\C)CC. The van der Waals surface area contributed by atoms with E-state index in [1.54, 1.807) is 0 Å². The highest BCUT2D eigenvalue weighted by Crippen LogP contribution is 2.13. The second kappa shape index (κ2) is 7.15. The van der Waals surface area contributed by atoms with Gasteiger partial charge in [0.25, 0.3) is 0 Å². The Morgan fingerprint density at radius 3 is 2.17 bits per heavy atom. The predicted octanol–water partition coefficient (Wildman–Crippen LogP) is 4.48. The van der Waals surface area contributed by atoms with Gasteiger partial charge in [-0.1, -0.05) is 44.9 Å². The van der Waals surface area contributed by atoms with Crippen LogP contribution >= 0.6 is 0 Å². The van der Waals surface area contributed by atoms with Crippen molar-refractivity contribution in [2.45, 2.75) is 53.4 Å². The number of hydrogen-bond acceptors (Lipinski definition) is 0. The summed E-state index contributed by atoms with van der Waals surface area (Å²) in [5.41, 5.74) is 3.05. The van der Waals surface area contributed by atoms with Crippen LogP contribution in [0.3, 0.4) is 0 Å². The van der Waals surface area contributed by atoms with Crippen molar-refractivity contribution in [1.82, 2.24) is 0 Å². The Morgan fingerprint density at radius 2 is 1.75 bits per heavy atom. The Bertz CT molecular complexity index is 161. The summed E-state index contributed by atoms with van der Waals surface area (Å²) in [6, 6.07) is 0. The Labute approximate surface area is 77.4 Å². The molecule has 0 aromatic rings. The van der Waals surface area contributed by atoms with Gasteiger partial charge in [-0.05, 0) is 31.8 Å². The van der Waals surface area contributed by atoms with E-state index in [-0.39, 0.29) is 0 Å². The lowest BCUT2D eigenvalue weighted by Crippen LogP contribution is -1.82. The van der Waals surface area contributed by atoms with E-state index in [1.165, 1.54) is 36.8 Å². The van der Waals surface area contributed by atoms with Crippen molar-refractivity contribution in [3.8, 4) is 0 Å². The minimum atomic E-state index is 1.17. The lowest BCUT2D eigenvalue weighted by molar-refractivity contribution is 0.950. The van der Waals surface area contributed by atoms with Gasteiger partial charge in [-0.25, -0.2) is 0 Å². The summed E-state index contributed by atoms with van der Waals surface area (Å²) < 4.78 is 0. The predicted molar refractivity (Wildman–Crippen MR) is 57.3 cm³/mol. The van der Waals surface area contributed by atoms with Crippen LogP contribution in [0.2, 0.25) is 0 Å². The van der Waals surface area contributed by atoms with Crippen LogP contribution in [0.4, 0.5) is 0 Å². The van der Waals surface area contributed by atoms with Crippen molar-refractivity contribution < 1.29 is 0 Å². The first-order valence-electron chi connectivity index (χ1n) is 5.11. The fraction of sp³-hybridized carbons (Fsp3) is 0.667. The summed E-state index contributed by atoms with van der Waals surface area (Å²) in [5, 5.41) is 0. The van der Waals surface area contributed by atoms with Gasteiger partial charge in [-0.15, -0.1) is 0 Å². The molecule has 0 aromatic carbocycles. The van der Waals surface area contributed by atoms with Crippen LogP contribution in [-0.2, 0) is 0 Å². The van der Waals surface area contributed by atoms with Gasteiger partial charge >= 0.3 is 0 Å². The van der Waals surface area contributed by atoms with E-state index in [0.717, 1.165) is 0 Å². The van der Waals surface area contributed by atoms with Crippen LogP contribution in [0.25, 0.3) is 0 Å². The summed E-state index contributed by atoms with van der Waals surface area (Å²) in [5.74, 6) is 0. The van der Waals surface area contributed by atoms with E-state index in [0.29, 0.717) is 0 Å². The first kappa shape index (κ1) is 11.5. The van der Waals surface area contributed by atoms with Gasteiger partial charge in [0, 0.05) is 0 Å². The number of unbranched alkanes of at least 4 members (excludes halogenated alkanes) is 1. The summed E-state index contributed by atoms with van der Waals surface area (Å²) in [6.45, 7) is 8.89. The van der Waals surface area contributed by atoms with E-state index in [4.69, 9.17) is 0 Å². The molecule has 0 nitrogen and oxygen atoms in total. The molecule has 0 N–H and O–H groups in total. The van der Waals surface area contributed by atoms with Crippen LogP contribution < -0.4 is 0 Å². The molecule has 0 fully saturated rings. The van der Waals surface area contributed by atoms with Gasteiger partial charge in [0.2, 0.25) is 0 Å². The minimum Gasteiger partial charge on any atom is -0.0843 e. The molecule has 0 heterocycles. The van der Waals surface area contributed by atoms with Gasteiger partial charge in [0.05, 0.1) is 0 Å². The summed E-state index contributed by atoms with van der Waals surface area (Å²) in [6.07, 6.45) is 9.39. The molecule has 0 bridgehead atoms. The third-order valence-electron chi connectivity index (χ3n) is 2.23. The van der Waals surface area contributed by atoms with Crippen LogP contribution in [0.5, 0.6) is 0 Å². The van der Waals surface area contributed by atoms with Crippen LogP contribution in [0, 0.1) is 0 Å². The Kier molecular flexibility index (Phi) is 6.84. The largest absolute Gasteiger partial charge is 0.0843 e. The molecular weight excluding hydrogens is 144 g/mol. The number of hydrogen-bond donors (Lipinski definition) is 0. The number of allylic oxidation sites excluding steroid dienone is 4. The van der Waals surface area contributed by atoms with Crippen molar-refractivity contribution in [3.05, 3.63) is 23.3 Å². The molecule has 0 rings (SSSR count). The van der Waals surface area contributed by atoms with E-state index >= 15 is 0 Å². The first-order chi connectivity index (χ1) is 5.76. The normalized spacial score (nSPS) is 13.7. The lowest BCUT2D eigenvalue weighted by Gasteiger charge is -2.02. The van der Waals surface area contributed by atoms with Gasteiger partial charge in [0.1, 0.15) is 0 Å². The van der Waals surface area contributed by atoms with Crippen molar-refractivity contribution in [2.75, 3.05) is 0 Å². The highest BCUT2D eigenvalue weighted by molar-refractivity contribution is 5.23. The van der Waals surface area contributed by atoms with E-state index in [9.17, 15) is 0 Å². The molecule has 0 spiro atoms. The Balaban J connectivity index is 4.16. The molecule has 0 saturated heterocycles. The zero-order chi connectivity index (χ0) is 9.40. The highest BCUT2D eigenvalue weighted by Gasteiger charge is 1.92. The van der Waals surface area contributed by atoms with Gasteiger partial charge in [-0.3, -0.25) is 0 Å². The third-order valence-corrected chi connectivity index (χ3v) is 2.23. The van der Waals surface area contributed by atoms with Gasteiger partial charge in [-0.2, -0.15) is 0 Å².